The van der Waals surface area contributed by atoms with E-state index in [1.54, 1.807) is 12.1 Å². The van der Waals surface area contributed by atoms with Crippen LogP contribution in [0.5, 0.6) is 0 Å². The maximum absolute atomic E-state index is 13.3. The van der Waals surface area contributed by atoms with Crippen LogP contribution in [0.15, 0.2) is 22.7 Å². The molecule has 1 saturated heterocycles. The van der Waals surface area contributed by atoms with Crippen LogP contribution in [-0.4, -0.2) is 25.7 Å². The van der Waals surface area contributed by atoms with E-state index in [4.69, 9.17) is 0 Å². The van der Waals surface area contributed by atoms with Crippen LogP contribution in [0.3, 0.4) is 0 Å². The summed E-state index contributed by atoms with van der Waals surface area (Å²) in [6.07, 6.45) is 1.11. The van der Waals surface area contributed by atoms with Crippen LogP contribution in [0.4, 0.5) is 10.1 Å². The Bertz CT molecular complexity index is 411. The highest BCUT2D eigenvalue weighted by atomic mass is 79.9. The van der Waals surface area contributed by atoms with Crippen molar-refractivity contribution in [3.8, 4) is 0 Å². The van der Waals surface area contributed by atoms with Crippen LogP contribution >= 0.6 is 15.9 Å². The summed E-state index contributed by atoms with van der Waals surface area (Å²) in [6, 6.07) is 5.47. The van der Waals surface area contributed by atoms with Crippen LogP contribution in [0.2, 0.25) is 0 Å². The molecule has 2 unspecified atom stereocenters. The molecular formula is C14H20BrFN2. The van der Waals surface area contributed by atoms with E-state index in [-0.39, 0.29) is 5.82 Å². The molecule has 2 rings (SSSR count). The summed E-state index contributed by atoms with van der Waals surface area (Å²) in [4.78, 5) is 2.27. The summed E-state index contributed by atoms with van der Waals surface area (Å²) >= 11 is 3.51. The minimum absolute atomic E-state index is 0.172. The van der Waals surface area contributed by atoms with Gasteiger partial charge in [0.1, 0.15) is 5.82 Å². The van der Waals surface area contributed by atoms with Crippen molar-refractivity contribution in [2.24, 2.45) is 5.92 Å². The Labute approximate surface area is 117 Å². The van der Waals surface area contributed by atoms with Gasteiger partial charge in [0.05, 0.1) is 5.69 Å². The topological polar surface area (TPSA) is 15.3 Å². The first-order valence-electron chi connectivity index (χ1n) is 6.55. The molecule has 1 aromatic rings. The molecule has 0 amide bonds. The fourth-order valence-corrected chi connectivity index (χ4v) is 3.16. The van der Waals surface area contributed by atoms with Gasteiger partial charge in [-0.25, -0.2) is 4.39 Å². The minimum Gasteiger partial charge on any atom is -0.370 e. The summed E-state index contributed by atoms with van der Waals surface area (Å²) in [5.74, 6) is 0.406. The molecule has 0 aromatic heterocycles. The van der Waals surface area contributed by atoms with Gasteiger partial charge in [-0.3, -0.25) is 0 Å². The summed E-state index contributed by atoms with van der Waals surface area (Å²) < 4.78 is 14.3. The molecule has 1 aliphatic heterocycles. The van der Waals surface area contributed by atoms with E-state index < -0.39 is 0 Å². The fourth-order valence-electron chi connectivity index (χ4n) is 2.66. The highest BCUT2D eigenvalue weighted by Gasteiger charge is 2.26. The second kappa shape index (κ2) is 6.02. The smallest absolute Gasteiger partial charge is 0.125 e. The van der Waals surface area contributed by atoms with E-state index in [1.807, 2.05) is 0 Å². The van der Waals surface area contributed by atoms with Crippen molar-refractivity contribution in [2.45, 2.75) is 26.3 Å². The lowest BCUT2D eigenvalue weighted by Crippen LogP contribution is -2.48. The number of rotatable bonds is 3. The van der Waals surface area contributed by atoms with E-state index >= 15 is 0 Å². The van der Waals surface area contributed by atoms with Crippen molar-refractivity contribution >= 4 is 21.6 Å². The number of benzene rings is 1. The number of hydrogen-bond donors (Lipinski definition) is 1. The molecule has 1 aromatic carbocycles. The molecule has 1 fully saturated rings. The van der Waals surface area contributed by atoms with Crippen molar-refractivity contribution < 1.29 is 4.39 Å². The lowest BCUT2D eigenvalue weighted by atomic mass is 9.93. The van der Waals surface area contributed by atoms with Crippen molar-refractivity contribution in [3.05, 3.63) is 28.5 Å². The van der Waals surface area contributed by atoms with Gasteiger partial charge in [-0.1, -0.05) is 13.8 Å². The molecule has 0 radical (unpaired) electrons. The first kappa shape index (κ1) is 13.8. The average molecular weight is 315 g/mol. The highest BCUT2D eigenvalue weighted by Crippen LogP contribution is 2.30. The van der Waals surface area contributed by atoms with Gasteiger partial charge in [0.15, 0.2) is 0 Å². The Balaban J connectivity index is 2.10. The molecule has 4 heteroatoms. The molecule has 100 valence electrons. The van der Waals surface area contributed by atoms with Crippen molar-refractivity contribution in [2.75, 3.05) is 24.5 Å². The van der Waals surface area contributed by atoms with Gasteiger partial charge in [0, 0.05) is 23.6 Å². The summed E-state index contributed by atoms with van der Waals surface area (Å²) in [7, 11) is 0. The van der Waals surface area contributed by atoms with Gasteiger partial charge in [-0.2, -0.15) is 0 Å². The van der Waals surface area contributed by atoms with E-state index in [0.717, 1.165) is 36.2 Å². The van der Waals surface area contributed by atoms with Gasteiger partial charge in [0.25, 0.3) is 0 Å². The van der Waals surface area contributed by atoms with Crippen molar-refractivity contribution in [3.63, 3.8) is 0 Å². The third kappa shape index (κ3) is 3.04. The maximum atomic E-state index is 13.3. The predicted octanol–water partition coefficient (Wildman–Crippen LogP) is 3.41. The van der Waals surface area contributed by atoms with Crippen LogP contribution in [-0.2, 0) is 0 Å². The van der Waals surface area contributed by atoms with E-state index in [0.29, 0.717) is 12.0 Å². The molecule has 0 spiro atoms. The zero-order chi connectivity index (χ0) is 13.1. The summed E-state index contributed by atoms with van der Waals surface area (Å²) in [6.45, 7) is 7.36. The zero-order valence-corrected chi connectivity index (χ0v) is 12.5. The highest BCUT2D eigenvalue weighted by molar-refractivity contribution is 9.10. The summed E-state index contributed by atoms with van der Waals surface area (Å²) in [5, 5.41) is 3.52. The van der Waals surface area contributed by atoms with Crippen molar-refractivity contribution in [1.29, 1.82) is 0 Å². The molecule has 18 heavy (non-hydrogen) atoms. The Morgan fingerprint density at radius 2 is 2.28 bits per heavy atom. The average Bonchev–Trinajstić information content (AvgIpc) is 2.35. The molecule has 1 heterocycles. The molecule has 2 nitrogen and oxygen atoms in total. The van der Waals surface area contributed by atoms with Gasteiger partial charge >= 0.3 is 0 Å². The number of nitrogens with zero attached hydrogens (tertiary/aromatic N) is 1. The number of hydrogen-bond acceptors (Lipinski definition) is 2. The molecule has 2 atom stereocenters. The number of piperidine rings is 1. The van der Waals surface area contributed by atoms with Gasteiger partial charge in [-0.15, -0.1) is 0 Å². The second-order valence-electron chi connectivity index (χ2n) is 4.97. The maximum Gasteiger partial charge on any atom is 0.125 e. The molecule has 0 saturated carbocycles. The monoisotopic (exact) mass is 314 g/mol. The molecule has 0 aliphatic carbocycles. The SMILES string of the molecule is CCNC1CCN(c2cc(F)ccc2Br)CC1C. The van der Waals surface area contributed by atoms with Crippen LogP contribution < -0.4 is 10.2 Å². The zero-order valence-electron chi connectivity index (χ0n) is 10.9. The van der Waals surface area contributed by atoms with Crippen LogP contribution in [0, 0.1) is 11.7 Å². The number of anilines is 1. The molecule has 0 bridgehead atoms. The Hall–Kier alpha value is -0.610. The Morgan fingerprint density at radius 1 is 1.50 bits per heavy atom. The third-order valence-corrected chi connectivity index (χ3v) is 4.29. The van der Waals surface area contributed by atoms with Gasteiger partial charge < -0.3 is 10.2 Å². The largest absolute Gasteiger partial charge is 0.370 e. The standard InChI is InChI=1S/C14H20BrFN2/c1-3-17-13-6-7-18(9-10(13)2)14-8-11(16)4-5-12(14)15/h4-5,8,10,13,17H,3,6-7,9H2,1-2H3. The Morgan fingerprint density at radius 3 is 2.94 bits per heavy atom. The lowest BCUT2D eigenvalue weighted by Gasteiger charge is -2.39. The normalized spacial score (nSPS) is 24.3. The number of halogens is 2. The number of nitrogens with one attached hydrogen (secondary N) is 1. The second-order valence-corrected chi connectivity index (χ2v) is 5.83. The van der Waals surface area contributed by atoms with Crippen LogP contribution in [0.25, 0.3) is 0 Å². The lowest BCUT2D eigenvalue weighted by molar-refractivity contribution is 0.326. The first-order chi connectivity index (χ1) is 8.61. The third-order valence-electron chi connectivity index (χ3n) is 3.62. The minimum atomic E-state index is -0.172. The summed E-state index contributed by atoms with van der Waals surface area (Å²) in [5.41, 5.74) is 0.969. The predicted molar refractivity (Wildman–Crippen MR) is 77.6 cm³/mol. The van der Waals surface area contributed by atoms with Gasteiger partial charge in [0.2, 0.25) is 0 Å². The molecule has 1 aliphatic rings. The quantitative estimate of drug-likeness (QED) is 0.919. The fraction of sp³-hybridized carbons (Fsp3) is 0.571. The van der Waals surface area contributed by atoms with Crippen molar-refractivity contribution in [1.82, 2.24) is 5.32 Å². The van der Waals surface area contributed by atoms with Crippen LogP contribution in [0.1, 0.15) is 20.3 Å². The Kier molecular flexibility index (Phi) is 4.62. The van der Waals surface area contributed by atoms with E-state index in [9.17, 15) is 4.39 Å². The van der Waals surface area contributed by atoms with E-state index in [2.05, 4.69) is 40.0 Å². The molecular weight excluding hydrogens is 295 g/mol. The molecule has 1 N–H and O–H groups in total. The van der Waals surface area contributed by atoms with E-state index in [1.165, 1.54) is 6.07 Å². The first-order valence-corrected chi connectivity index (χ1v) is 7.34. The van der Waals surface area contributed by atoms with Gasteiger partial charge in [-0.05, 0) is 53.0 Å².